The Morgan fingerprint density at radius 3 is 2.83 bits per heavy atom. The smallest absolute Gasteiger partial charge is 0.284 e. The number of amidine groups is 1. The second-order valence-electron chi connectivity index (χ2n) is 5.05. The van der Waals surface area contributed by atoms with E-state index in [1.807, 2.05) is 0 Å². The van der Waals surface area contributed by atoms with Crippen LogP contribution in [0.1, 0.15) is 17.0 Å². The molecule has 0 bridgehead atoms. The first-order chi connectivity index (χ1) is 11.1. The highest BCUT2D eigenvalue weighted by molar-refractivity contribution is 5.74. The number of hydrogen-bond acceptors (Lipinski definition) is 4. The van der Waals surface area contributed by atoms with Gasteiger partial charge in [-0.3, -0.25) is 4.98 Å². The van der Waals surface area contributed by atoms with Crippen molar-refractivity contribution in [2.45, 2.75) is 5.92 Å². The molecule has 7 heteroatoms. The zero-order valence-electron chi connectivity index (χ0n) is 12.1. The molecule has 1 aromatic heterocycles. The predicted molar refractivity (Wildman–Crippen MR) is 78.7 cm³/mol. The van der Waals surface area contributed by atoms with Crippen LogP contribution in [-0.4, -0.2) is 30.7 Å². The highest BCUT2D eigenvalue weighted by Crippen LogP contribution is 2.27. The van der Waals surface area contributed by atoms with Crippen LogP contribution >= 0.6 is 0 Å². The lowest BCUT2D eigenvalue weighted by molar-refractivity contribution is 0.331. The lowest BCUT2D eigenvalue weighted by atomic mass is 9.91. The molecule has 1 N–H and O–H groups in total. The van der Waals surface area contributed by atoms with Gasteiger partial charge in [0.1, 0.15) is 12.4 Å². The molecule has 1 aromatic carbocycles. The van der Waals surface area contributed by atoms with Gasteiger partial charge in [-0.1, -0.05) is 12.1 Å². The van der Waals surface area contributed by atoms with E-state index in [-0.39, 0.29) is 12.1 Å². The summed E-state index contributed by atoms with van der Waals surface area (Å²) in [6, 6.07) is 5.51. The van der Waals surface area contributed by atoms with Gasteiger partial charge in [-0.2, -0.15) is 0 Å². The SMILES string of the molecule is Fc1cncc(C(CNC2=NCCO2)c2cccc(F)c2F)c1. The average molecular weight is 321 g/mol. The van der Waals surface area contributed by atoms with E-state index >= 15 is 0 Å². The Morgan fingerprint density at radius 2 is 2.09 bits per heavy atom. The molecule has 0 saturated heterocycles. The molecule has 2 heterocycles. The first kappa shape index (κ1) is 15.3. The van der Waals surface area contributed by atoms with Gasteiger partial charge in [0.2, 0.25) is 0 Å². The fourth-order valence-electron chi connectivity index (χ4n) is 2.45. The maximum Gasteiger partial charge on any atom is 0.284 e. The second-order valence-corrected chi connectivity index (χ2v) is 5.05. The standard InChI is InChI=1S/C16H14F3N3O/c17-11-6-10(7-20-8-11)13(9-22-16-21-4-5-23-16)12-2-1-3-14(18)15(12)19/h1-3,6-8,13H,4-5,9H2,(H,21,22). The Hall–Kier alpha value is -2.57. The number of benzene rings is 1. The number of halogens is 3. The average Bonchev–Trinajstić information content (AvgIpc) is 3.05. The summed E-state index contributed by atoms with van der Waals surface area (Å²) in [5.41, 5.74) is 0.545. The number of aliphatic imine (C=N–C) groups is 1. The number of hydrogen-bond donors (Lipinski definition) is 1. The molecule has 0 fully saturated rings. The van der Waals surface area contributed by atoms with E-state index in [1.165, 1.54) is 24.4 Å². The van der Waals surface area contributed by atoms with Gasteiger partial charge in [-0.15, -0.1) is 0 Å². The molecule has 120 valence electrons. The summed E-state index contributed by atoms with van der Waals surface area (Å²) in [6.07, 6.45) is 2.48. The van der Waals surface area contributed by atoms with Crippen molar-refractivity contribution in [1.29, 1.82) is 0 Å². The van der Waals surface area contributed by atoms with Gasteiger partial charge in [-0.25, -0.2) is 18.2 Å². The zero-order chi connectivity index (χ0) is 16.2. The molecular weight excluding hydrogens is 307 g/mol. The number of ether oxygens (including phenoxy) is 1. The first-order valence-corrected chi connectivity index (χ1v) is 7.10. The first-order valence-electron chi connectivity index (χ1n) is 7.10. The van der Waals surface area contributed by atoms with E-state index in [1.54, 1.807) is 0 Å². The second kappa shape index (κ2) is 6.68. The minimum Gasteiger partial charge on any atom is -0.463 e. The minimum absolute atomic E-state index is 0.114. The Kier molecular flexibility index (Phi) is 4.45. The van der Waals surface area contributed by atoms with Crippen molar-refractivity contribution in [2.24, 2.45) is 4.99 Å². The summed E-state index contributed by atoms with van der Waals surface area (Å²) in [6.45, 7) is 1.19. The molecule has 2 aromatic rings. The summed E-state index contributed by atoms with van der Waals surface area (Å²) in [5.74, 6) is -3.09. The molecule has 0 saturated carbocycles. The van der Waals surface area contributed by atoms with Crippen LogP contribution in [0.5, 0.6) is 0 Å². The fourth-order valence-corrected chi connectivity index (χ4v) is 2.45. The van der Waals surface area contributed by atoms with Crippen molar-refractivity contribution in [2.75, 3.05) is 19.7 Å². The van der Waals surface area contributed by atoms with Crippen LogP contribution in [0.4, 0.5) is 13.2 Å². The van der Waals surface area contributed by atoms with Crippen LogP contribution in [0, 0.1) is 17.5 Å². The lowest BCUT2D eigenvalue weighted by Gasteiger charge is -2.19. The Labute approximate surface area is 131 Å². The maximum absolute atomic E-state index is 14.2. The van der Waals surface area contributed by atoms with Gasteiger partial charge >= 0.3 is 0 Å². The molecule has 0 aliphatic carbocycles. The van der Waals surface area contributed by atoms with E-state index < -0.39 is 23.4 Å². The number of rotatable bonds is 4. The van der Waals surface area contributed by atoms with E-state index in [9.17, 15) is 13.2 Å². The highest BCUT2D eigenvalue weighted by Gasteiger charge is 2.22. The summed E-state index contributed by atoms with van der Waals surface area (Å²) >= 11 is 0. The molecule has 3 rings (SSSR count). The molecule has 1 aliphatic rings. The molecular formula is C16H14F3N3O. The molecule has 0 spiro atoms. The maximum atomic E-state index is 14.2. The van der Waals surface area contributed by atoms with Crippen molar-refractivity contribution in [1.82, 2.24) is 10.3 Å². The third kappa shape index (κ3) is 3.44. The fraction of sp³-hybridized carbons (Fsp3) is 0.250. The largest absolute Gasteiger partial charge is 0.463 e. The van der Waals surface area contributed by atoms with Gasteiger partial charge in [0.05, 0.1) is 12.7 Å². The van der Waals surface area contributed by atoms with Crippen molar-refractivity contribution < 1.29 is 17.9 Å². The zero-order valence-corrected chi connectivity index (χ0v) is 12.1. The highest BCUT2D eigenvalue weighted by atomic mass is 19.2. The van der Waals surface area contributed by atoms with Gasteiger partial charge in [0, 0.05) is 24.2 Å². The molecule has 1 aliphatic heterocycles. The topological polar surface area (TPSA) is 46.5 Å². The third-order valence-corrected chi connectivity index (χ3v) is 3.53. The van der Waals surface area contributed by atoms with E-state index in [2.05, 4.69) is 15.3 Å². The molecule has 1 atom stereocenters. The molecule has 4 nitrogen and oxygen atoms in total. The number of pyridine rings is 1. The van der Waals surface area contributed by atoms with Crippen LogP contribution < -0.4 is 5.32 Å². The van der Waals surface area contributed by atoms with Gasteiger partial charge < -0.3 is 10.1 Å². The van der Waals surface area contributed by atoms with Crippen LogP contribution in [0.2, 0.25) is 0 Å². The normalized spacial score (nSPS) is 15.0. The summed E-state index contributed by atoms with van der Waals surface area (Å²) in [4.78, 5) is 7.86. The van der Waals surface area contributed by atoms with Crippen molar-refractivity contribution in [3.8, 4) is 0 Å². The quantitative estimate of drug-likeness (QED) is 0.941. The molecule has 0 amide bonds. The molecule has 0 radical (unpaired) electrons. The van der Waals surface area contributed by atoms with Crippen molar-refractivity contribution in [3.63, 3.8) is 0 Å². The van der Waals surface area contributed by atoms with E-state index in [0.717, 1.165) is 12.3 Å². The summed E-state index contributed by atoms with van der Waals surface area (Å²) < 4.78 is 46.4. The van der Waals surface area contributed by atoms with E-state index in [0.29, 0.717) is 24.7 Å². The van der Waals surface area contributed by atoms with Crippen molar-refractivity contribution >= 4 is 6.02 Å². The van der Waals surface area contributed by atoms with Crippen LogP contribution in [0.25, 0.3) is 0 Å². The summed E-state index contributed by atoms with van der Waals surface area (Å²) in [5, 5.41) is 2.93. The predicted octanol–water partition coefficient (Wildman–Crippen LogP) is 2.61. The van der Waals surface area contributed by atoms with Crippen LogP contribution in [-0.2, 0) is 4.74 Å². The Bertz CT molecular complexity index is 736. The van der Waals surface area contributed by atoms with Crippen LogP contribution in [0.3, 0.4) is 0 Å². The Balaban J connectivity index is 1.93. The van der Waals surface area contributed by atoms with Crippen LogP contribution in [0.15, 0.2) is 41.7 Å². The lowest BCUT2D eigenvalue weighted by Crippen LogP contribution is -2.29. The number of nitrogens with one attached hydrogen (secondary N) is 1. The Morgan fingerprint density at radius 1 is 1.22 bits per heavy atom. The van der Waals surface area contributed by atoms with Gasteiger partial charge in [-0.05, 0) is 17.7 Å². The van der Waals surface area contributed by atoms with Gasteiger partial charge in [0.15, 0.2) is 11.6 Å². The molecule has 1 unspecified atom stereocenters. The third-order valence-electron chi connectivity index (χ3n) is 3.53. The van der Waals surface area contributed by atoms with Crippen molar-refractivity contribution in [3.05, 3.63) is 65.2 Å². The monoisotopic (exact) mass is 321 g/mol. The summed E-state index contributed by atoms with van der Waals surface area (Å²) in [7, 11) is 0. The van der Waals surface area contributed by atoms with E-state index in [4.69, 9.17) is 4.74 Å². The molecule has 23 heavy (non-hydrogen) atoms. The number of aromatic nitrogens is 1. The van der Waals surface area contributed by atoms with Gasteiger partial charge in [0.25, 0.3) is 6.02 Å². The number of nitrogens with zero attached hydrogens (tertiary/aromatic N) is 2. The minimum atomic E-state index is -0.960.